The van der Waals surface area contributed by atoms with E-state index in [9.17, 15) is 4.79 Å². The van der Waals surface area contributed by atoms with Gasteiger partial charge in [-0.1, -0.05) is 12.1 Å². The Morgan fingerprint density at radius 3 is 2.72 bits per heavy atom. The molecule has 1 aromatic rings. The molecule has 0 atom stereocenters. The maximum Gasteiger partial charge on any atom is 0.412 e. The normalized spacial score (nSPS) is 10.0. The van der Waals surface area contributed by atoms with Gasteiger partial charge in [-0.05, 0) is 38.0 Å². The van der Waals surface area contributed by atoms with E-state index in [1.165, 1.54) is 0 Å². The van der Waals surface area contributed by atoms with E-state index in [1.807, 2.05) is 26.0 Å². The van der Waals surface area contributed by atoms with Crippen LogP contribution < -0.4 is 14.8 Å². The molecule has 0 spiro atoms. The molecule has 4 heteroatoms. The molecule has 1 rings (SSSR count). The van der Waals surface area contributed by atoms with Crippen molar-refractivity contribution in [1.82, 2.24) is 5.32 Å². The summed E-state index contributed by atoms with van der Waals surface area (Å²) in [6.45, 7) is 7.41. The fraction of sp³-hybridized carbons (Fsp3) is 0.357. The van der Waals surface area contributed by atoms with Crippen LogP contribution in [0.15, 0.2) is 30.9 Å². The highest BCUT2D eigenvalue weighted by molar-refractivity contribution is 5.71. The fourth-order valence-electron chi connectivity index (χ4n) is 1.45. The molecule has 0 saturated heterocycles. The van der Waals surface area contributed by atoms with E-state index >= 15 is 0 Å². The highest BCUT2D eigenvalue weighted by atomic mass is 16.6. The van der Waals surface area contributed by atoms with Crippen LogP contribution in [0.3, 0.4) is 0 Å². The number of amides is 1. The van der Waals surface area contributed by atoms with E-state index in [2.05, 4.69) is 11.9 Å². The third kappa shape index (κ3) is 4.13. The summed E-state index contributed by atoms with van der Waals surface area (Å²) in [5.41, 5.74) is 1.05. The van der Waals surface area contributed by atoms with E-state index in [1.54, 1.807) is 19.3 Å². The second-order valence-corrected chi connectivity index (χ2v) is 4.17. The molecule has 98 valence electrons. The molecule has 0 fully saturated rings. The molecule has 0 aliphatic rings. The Bertz CT molecular complexity index is 427. The predicted octanol–water partition coefficient (Wildman–Crippen LogP) is 2.92. The van der Waals surface area contributed by atoms with Crippen LogP contribution in [0.1, 0.15) is 19.4 Å². The SMILES string of the molecule is C=CCc1ccc(OC(=O)NC(C)C)c(OC)c1. The van der Waals surface area contributed by atoms with Gasteiger partial charge >= 0.3 is 6.09 Å². The number of carbonyl (C=O) groups excluding carboxylic acids is 1. The van der Waals surface area contributed by atoms with Crippen molar-refractivity contribution in [2.45, 2.75) is 26.3 Å². The molecule has 1 amide bonds. The number of allylic oxidation sites excluding steroid dienone is 1. The van der Waals surface area contributed by atoms with E-state index < -0.39 is 6.09 Å². The van der Waals surface area contributed by atoms with Gasteiger partial charge in [0.25, 0.3) is 0 Å². The molecular weight excluding hydrogens is 230 g/mol. The lowest BCUT2D eigenvalue weighted by atomic mass is 10.1. The average Bonchev–Trinajstić information content (AvgIpc) is 2.30. The summed E-state index contributed by atoms with van der Waals surface area (Å²) in [6.07, 6.45) is 2.06. The van der Waals surface area contributed by atoms with Crippen molar-refractivity contribution in [3.63, 3.8) is 0 Å². The second kappa shape index (κ2) is 6.69. The zero-order chi connectivity index (χ0) is 13.5. The van der Waals surface area contributed by atoms with Gasteiger partial charge in [-0.25, -0.2) is 4.79 Å². The van der Waals surface area contributed by atoms with E-state index in [-0.39, 0.29) is 6.04 Å². The van der Waals surface area contributed by atoms with Crippen LogP contribution in [0, 0.1) is 0 Å². The molecule has 1 N–H and O–H groups in total. The number of rotatable bonds is 5. The van der Waals surface area contributed by atoms with Gasteiger partial charge in [0, 0.05) is 6.04 Å². The van der Waals surface area contributed by atoms with Crippen molar-refractivity contribution in [1.29, 1.82) is 0 Å². The molecule has 18 heavy (non-hydrogen) atoms. The Labute approximate surface area is 108 Å². The monoisotopic (exact) mass is 249 g/mol. The van der Waals surface area contributed by atoms with Crippen LogP contribution in [-0.4, -0.2) is 19.2 Å². The average molecular weight is 249 g/mol. The molecule has 0 radical (unpaired) electrons. The summed E-state index contributed by atoms with van der Waals surface area (Å²) in [4.78, 5) is 11.5. The zero-order valence-electron chi connectivity index (χ0n) is 11.0. The number of hydrogen-bond acceptors (Lipinski definition) is 3. The largest absolute Gasteiger partial charge is 0.493 e. The number of nitrogens with one attached hydrogen (secondary N) is 1. The maximum atomic E-state index is 11.5. The fourth-order valence-corrected chi connectivity index (χ4v) is 1.45. The minimum Gasteiger partial charge on any atom is -0.493 e. The van der Waals surface area contributed by atoms with Gasteiger partial charge in [0.15, 0.2) is 11.5 Å². The quantitative estimate of drug-likeness (QED) is 0.816. The van der Waals surface area contributed by atoms with Crippen molar-refractivity contribution in [3.8, 4) is 11.5 Å². The molecule has 4 nitrogen and oxygen atoms in total. The van der Waals surface area contributed by atoms with E-state index in [0.29, 0.717) is 11.5 Å². The highest BCUT2D eigenvalue weighted by Gasteiger charge is 2.11. The van der Waals surface area contributed by atoms with Gasteiger partial charge in [0.2, 0.25) is 0 Å². The van der Waals surface area contributed by atoms with Crippen molar-refractivity contribution >= 4 is 6.09 Å². The van der Waals surface area contributed by atoms with Crippen molar-refractivity contribution in [3.05, 3.63) is 36.4 Å². The van der Waals surface area contributed by atoms with Gasteiger partial charge in [-0.15, -0.1) is 6.58 Å². The highest BCUT2D eigenvalue weighted by Crippen LogP contribution is 2.28. The van der Waals surface area contributed by atoms with Gasteiger partial charge < -0.3 is 14.8 Å². The Balaban J connectivity index is 2.82. The molecule has 0 bridgehead atoms. The number of methoxy groups -OCH3 is 1. The summed E-state index contributed by atoms with van der Waals surface area (Å²) in [5, 5.41) is 2.65. The molecule has 0 saturated carbocycles. The smallest absolute Gasteiger partial charge is 0.412 e. The first-order valence-corrected chi connectivity index (χ1v) is 5.83. The van der Waals surface area contributed by atoms with Crippen LogP contribution in [0.4, 0.5) is 4.79 Å². The lowest BCUT2D eigenvalue weighted by molar-refractivity contribution is 0.195. The third-order valence-electron chi connectivity index (χ3n) is 2.22. The molecule has 1 aromatic carbocycles. The predicted molar refractivity (Wildman–Crippen MR) is 71.2 cm³/mol. The lowest BCUT2D eigenvalue weighted by Gasteiger charge is -2.12. The summed E-state index contributed by atoms with van der Waals surface area (Å²) in [7, 11) is 1.54. The van der Waals surface area contributed by atoms with Crippen molar-refractivity contribution < 1.29 is 14.3 Å². The number of ether oxygens (including phenoxy) is 2. The number of carbonyl (C=O) groups is 1. The van der Waals surface area contributed by atoms with Gasteiger partial charge in [-0.2, -0.15) is 0 Å². The Hall–Kier alpha value is -1.97. The molecule has 0 aromatic heterocycles. The topological polar surface area (TPSA) is 47.6 Å². The van der Waals surface area contributed by atoms with Crippen LogP contribution in [0.25, 0.3) is 0 Å². The molecule has 0 heterocycles. The molecular formula is C14H19NO3. The minimum absolute atomic E-state index is 0.0310. The standard InChI is InChI=1S/C14H19NO3/c1-5-6-11-7-8-12(13(9-11)17-4)18-14(16)15-10(2)3/h5,7-10H,1,6H2,2-4H3,(H,15,16). The van der Waals surface area contributed by atoms with Crippen LogP contribution in [0.2, 0.25) is 0 Å². The summed E-state index contributed by atoms with van der Waals surface area (Å²) in [5.74, 6) is 0.941. The minimum atomic E-state index is -0.486. The summed E-state index contributed by atoms with van der Waals surface area (Å²) >= 11 is 0. The second-order valence-electron chi connectivity index (χ2n) is 4.17. The van der Waals surface area contributed by atoms with Crippen LogP contribution >= 0.6 is 0 Å². The number of hydrogen-bond donors (Lipinski definition) is 1. The van der Waals surface area contributed by atoms with Crippen molar-refractivity contribution in [2.24, 2.45) is 0 Å². The van der Waals surface area contributed by atoms with Crippen molar-refractivity contribution in [2.75, 3.05) is 7.11 Å². The molecule has 0 aliphatic heterocycles. The maximum absolute atomic E-state index is 11.5. The first-order chi connectivity index (χ1) is 8.56. The van der Waals surface area contributed by atoms with Crippen LogP contribution in [0.5, 0.6) is 11.5 Å². The summed E-state index contributed by atoms with van der Waals surface area (Å²) < 4.78 is 10.4. The van der Waals surface area contributed by atoms with Crippen LogP contribution in [-0.2, 0) is 6.42 Å². The first kappa shape index (κ1) is 14.1. The van der Waals surface area contributed by atoms with Gasteiger partial charge in [0.05, 0.1) is 7.11 Å². The van der Waals surface area contributed by atoms with E-state index in [0.717, 1.165) is 12.0 Å². The Morgan fingerprint density at radius 2 is 2.17 bits per heavy atom. The summed E-state index contributed by atoms with van der Waals surface area (Å²) in [6, 6.07) is 5.46. The number of benzene rings is 1. The van der Waals surface area contributed by atoms with Gasteiger partial charge in [0.1, 0.15) is 0 Å². The molecule has 0 unspecified atom stereocenters. The molecule has 0 aliphatic carbocycles. The Morgan fingerprint density at radius 1 is 1.44 bits per heavy atom. The lowest BCUT2D eigenvalue weighted by Crippen LogP contribution is -2.32. The Kier molecular flexibility index (Phi) is 5.24. The van der Waals surface area contributed by atoms with Gasteiger partial charge in [-0.3, -0.25) is 0 Å². The third-order valence-corrected chi connectivity index (χ3v) is 2.22. The zero-order valence-corrected chi connectivity index (χ0v) is 11.0. The van der Waals surface area contributed by atoms with E-state index in [4.69, 9.17) is 9.47 Å². The first-order valence-electron chi connectivity index (χ1n) is 5.83.